The van der Waals surface area contributed by atoms with Gasteiger partial charge in [0.2, 0.25) is 0 Å². The van der Waals surface area contributed by atoms with Gasteiger partial charge < -0.3 is 19.8 Å². The minimum Gasteiger partial charge on any atom is -0.451 e. The van der Waals surface area contributed by atoms with E-state index in [1.807, 2.05) is 37.3 Å². The zero-order chi connectivity index (χ0) is 16.3. The number of nitrogens with zero attached hydrogens (tertiary/aromatic N) is 1. The monoisotopic (exact) mass is 307 g/mol. The predicted molar refractivity (Wildman–Crippen MR) is 78.8 cm³/mol. The molecule has 4 atom stereocenters. The third-order valence-electron chi connectivity index (χ3n) is 3.91. The Labute approximate surface area is 129 Å². The summed E-state index contributed by atoms with van der Waals surface area (Å²) in [6, 6.07) is 8.11. The summed E-state index contributed by atoms with van der Waals surface area (Å²) in [5.41, 5.74) is 0.890. The maximum atomic E-state index is 12.5. The van der Waals surface area contributed by atoms with Crippen LogP contribution in [-0.4, -0.2) is 51.8 Å². The molecule has 120 valence electrons. The van der Waals surface area contributed by atoms with Crippen LogP contribution in [0.1, 0.15) is 31.9 Å². The molecule has 1 amide bonds. The van der Waals surface area contributed by atoms with Crippen molar-refractivity contribution in [1.82, 2.24) is 4.90 Å². The standard InChI is InChI=1S/C16H21NO5/c1-10(12-6-4-3-5-7-12)17-14(8-13(19)9-18)16(21)22-11(2)15(17)20/h3-7,10-11,13-14,18-19H,8-9H2,1-2H3/t10-,11+,13+,14-/m0/s1. The molecule has 1 fully saturated rings. The van der Waals surface area contributed by atoms with Gasteiger partial charge in [-0.15, -0.1) is 0 Å². The fraction of sp³-hybridized carbons (Fsp3) is 0.500. The van der Waals surface area contributed by atoms with Gasteiger partial charge in [-0.25, -0.2) is 4.79 Å². The van der Waals surface area contributed by atoms with Gasteiger partial charge in [0.25, 0.3) is 5.91 Å². The topological polar surface area (TPSA) is 87.1 Å². The number of ether oxygens (including phenoxy) is 1. The summed E-state index contributed by atoms with van der Waals surface area (Å²) in [5, 5.41) is 18.7. The van der Waals surface area contributed by atoms with E-state index in [0.717, 1.165) is 5.56 Å². The average molecular weight is 307 g/mol. The molecule has 6 heteroatoms. The number of amides is 1. The molecule has 2 rings (SSSR count). The fourth-order valence-electron chi connectivity index (χ4n) is 2.68. The van der Waals surface area contributed by atoms with Gasteiger partial charge in [0.15, 0.2) is 6.10 Å². The Morgan fingerprint density at radius 2 is 1.91 bits per heavy atom. The molecule has 1 aliphatic heterocycles. The highest BCUT2D eigenvalue weighted by Gasteiger charge is 2.43. The number of rotatable bonds is 5. The summed E-state index contributed by atoms with van der Waals surface area (Å²) in [6.45, 7) is 2.89. The van der Waals surface area contributed by atoms with Crippen LogP contribution in [0.15, 0.2) is 30.3 Å². The molecule has 0 radical (unpaired) electrons. The number of benzene rings is 1. The number of carbonyl (C=O) groups excluding carboxylic acids is 2. The summed E-state index contributed by atoms with van der Waals surface area (Å²) in [4.78, 5) is 26.1. The van der Waals surface area contributed by atoms with Crippen LogP contribution in [0.25, 0.3) is 0 Å². The van der Waals surface area contributed by atoms with Crippen LogP contribution < -0.4 is 0 Å². The Morgan fingerprint density at radius 3 is 2.50 bits per heavy atom. The minimum atomic E-state index is -1.08. The summed E-state index contributed by atoms with van der Waals surface area (Å²) in [6.07, 6.45) is -1.98. The van der Waals surface area contributed by atoms with E-state index in [1.165, 1.54) is 11.8 Å². The zero-order valence-electron chi connectivity index (χ0n) is 12.7. The molecular weight excluding hydrogens is 286 g/mol. The Morgan fingerprint density at radius 1 is 1.27 bits per heavy atom. The first-order chi connectivity index (χ1) is 10.5. The second-order valence-corrected chi connectivity index (χ2v) is 5.50. The van der Waals surface area contributed by atoms with E-state index >= 15 is 0 Å². The maximum absolute atomic E-state index is 12.5. The summed E-state index contributed by atoms with van der Waals surface area (Å²) < 4.78 is 5.05. The summed E-state index contributed by atoms with van der Waals surface area (Å²) in [5.74, 6) is -0.853. The van der Waals surface area contributed by atoms with Crippen molar-refractivity contribution in [2.75, 3.05) is 6.61 Å². The number of carbonyl (C=O) groups is 2. The Hall–Kier alpha value is -1.92. The van der Waals surface area contributed by atoms with Crippen molar-refractivity contribution in [3.05, 3.63) is 35.9 Å². The molecule has 0 aliphatic carbocycles. The van der Waals surface area contributed by atoms with Gasteiger partial charge in [-0.05, 0) is 19.4 Å². The number of hydrogen-bond acceptors (Lipinski definition) is 5. The van der Waals surface area contributed by atoms with Gasteiger partial charge in [0.05, 0.1) is 18.8 Å². The molecule has 1 aromatic rings. The third-order valence-corrected chi connectivity index (χ3v) is 3.91. The van der Waals surface area contributed by atoms with Crippen molar-refractivity contribution in [1.29, 1.82) is 0 Å². The van der Waals surface area contributed by atoms with Gasteiger partial charge in [0, 0.05) is 6.42 Å². The first-order valence-corrected chi connectivity index (χ1v) is 7.32. The smallest absolute Gasteiger partial charge is 0.329 e. The molecule has 1 heterocycles. The van der Waals surface area contributed by atoms with E-state index in [1.54, 1.807) is 0 Å². The number of aliphatic hydroxyl groups is 2. The van der Waals surface area contributed by atoms with Gasteiger partial charge in [0.1, 0.15) is 6.04 Å². The van der Waals surface area contributed by atoms with Crippen LogP contribution in [0, 0.1) is 0 Å². The van der Waals surface area contributed by atoms with E-state index in [-0.39, 0.29) is 18.4 Å². The van der Waals surface area contributed by atoms with Crippen molar-refractivity contribution in [2.45, 2.75) is 44.6 Å². The Bertz CT molecular complexity index is 533. The number of hydrogen-bond donors (Lipinski definition) is 2. The molecule has 0 spiro atoms. The van der Waals surface area contributed by atoms with Crippen LogP contribution in [0.3, 0.4) is 0 Å². The second kappa shape index (κ2) is 6.89. The van der Waals surface area contributed by atoms with E-state index in [4.69, 9.17) is 9.84 Å². The first-order valence-electron chi connectivity index (χ1n) is 7.32. The molecule has 22 heavy (non-hydrogen) atoms. The molecule has 1 saturated heterocycles. The average Bonchev–Trinajstić information content (AvgIpc) is 2.53. The van der Waals surface area contributed by atoms with Crippen molar-refractivity contribution in [2.24, 2.45) is 0 Å². The minimum absolute atomic E-state index is 0.0506. The van der Waals surface area contributed by atoms with Crippen LogP contribution in [-0.2, 0) is 14.3 Å². The van der Waals surface area contributed by atoms with Crippen LogP contribution in [0.2, 0.25) is 0 Å². The van der Waals surface area contributed by atoms with Gasteiger partial charge in [-0.2, -0.15) is 0 Å². The maximum Gasteiger partial charge on any atom is 0.329 e. The van der Waals surface area contributed by atoms with Crippen LogP contribution >= 0.6 is 0 Å². The molecule has 1 aromatic carbocycles. The molecule has 1 aliphatic rings. The van der Waals surface area contributed by atoms with Gasteiger partial charge in [-0.3, -0.25) is 4.79 Å². The van der Waals surface area contributed by atoms with Crippen LogP contribution in [0.4, 0.5) is 0 Å². The van der Waals surface area contributed by atoms with E-state index < -0.39 is 30.8 Å². The lowest BCUT2D eigenvalue weighted by molar-refractivity contribution is -0.181. The second-order valence-electron chi connectivity index (χ2n) is 5.50. The number of cyclic esters (lactones) is 1. The molecule has 0 unspecified atom stereocenters. The quantitative estimate of drug-likeness (QED) is 0.779. The Balaban J connectivity index is 2.32. The van der Waals surface area contributed by atoms with Crippen LogP contribution in [0.5, 0.6) is 0 Å². The van der Waals surface area contributed by atoms with E-state index in [9.17, 15) is 14.7 Å². The molecular formula is C16H21NO5. The van der Waals surface area contributed by atoms with Crippen molar-refractivity contribution in [3.8, 4) is 0 Å². The Kier molecular flexibility index (Phi) is 5.15. The normalized spacial score (nSPS) is 24.8. The lowest BCUT2D eigenvalue weighted by Gasteiger charge is -2.41. The van der Waals surface area contributed by atoms with Gasteiger partial charge in [-0.1, -0.05) is 30.3 Å². The van der Waals surface area contributed by atoms with E-state index in [2.05, 4.69) is 0 Å². The number of aliphatic hydroxyl groups excluding tert-OH is 2. The first kappa shape index (κ1) is 16.5. The SMILES string of the molecule is C[C@H]1OC(=O)[C@H](C[C@@H](O)CO)N([C@@H](C)c2ccccc2)C1=O. The number of esters is 1. The van der Waals surface area contributed by atoms with Gasteiger partial charge >= 0.3 is 5.97 Å². The summed E-state index contributed by atoms with van der Waals surface area (Å²) in [7, 11) is 0. The number of morpholine rings is 1. The van der Waals surface area contributed by atoms with E-state index in [0.29, 0.717) is 0 Å². The van der Waals surface area contributed by atoms with Crippen molar-refractivity contribution < 1.29 is 24.5 Å². The third kappa shape index (κ3) is 3.28. The highest BCUT2D eigenvalue weighted by Crippen LogP contribution is 2.29. The fourth-order valence-corrected chi connectivity index (χ4v) is 2.68. The molecule has 0 saturated carbocycles. The highest BCUT2D eigenvalue weighted by molar-refractivity contribution is 5.92. The molecule has 2 N–H and O–H groups in total. The lowest BCUT2D eigenvalue weighted by Crippen LogP contribution is -2.57. The zero-order valence-corrected chi connectivity index (χ0v) is 12.7. The predicted octanol–water partition coefficient (Wildman–Crippen LogP) is 0.633. The molecule has 6 nitrogen and oxygen atoms in total. The summed E-state index contributed by atoms with van der Waals surface area (Å²) >= 11 is 0. The lowest BCUT2D eigenvalue weighted by atomic mass is 9.99. The van der Waals surface area contributed by atoms with Crippen molar-refractivity contribution >= 4 is 11.9 Å². The molecule has 0 bridgehead atoms. The highest BCUT2D eigenvalue weighted by atomic mass is 16.6. The largest absolute Gasteiger partial charge is 0.451 e. The molecule has 0 aromatic heterocycles. The van der Waals surface area contributed by atoms with Crippen molar-refractivity contribution in [3.63, 3.8) is 0 Å².